The first kappa shape index (κ1) is 12.6. The lowest BCUT2D eigenvalue weighted by Gasteiger charge is -2.05. The first-order valence-corrected chi connectivity index (χ1v) is 6.68. The van der Waals surface area contributed by atoms with E-state index in [1.165, 1.54) is 17.4 Å². The van der Waals surface area contributed by atoms with Crippen molar-refractivity contribution in [2.24, 2.45) is 0 Å². The summed E-state index contributed by atoms with van der Waals surface area (Å²) in [7, 11) is 0. The van der Waals surface area contributed by atoms with Crippen LogP contribution in [0.1, 0.15) is 10.6 Å². The predicted octanol–water partition coefficient (Wildman–Crippen LogP) is 2.11. The van der Waals surface area contributed by atoms with Crippen molar-refractivity contribution in [2.45, 2.75) is 13.5 Å². The van der Waals surface area contributed by atoms with Crippen LogP contribution in [0, 0.1) is 6.92 Å². The summed E-state index contributed by atoms with van der Waals surface area (Å²) in [6.45, 7) is 2.14. The van der Waals surface area contributed by atoms with Crippen LogP contribution in [0.3, 0.4) is 0 Å². The van der Waals surface area contributed by atoms with Gasteiger partial charge in [0.1, 0.15) is 17.9 Å². The molecule has 1 aromatic carbocycles. The van der Waals surface area contributed by atoms with Gasteiger partial charge in [0.2, 0.25) is 5.13 Å². The van der Waals surface area contributed by atoms with E-state index >= 15 is 0 Å². The number of aryl methyl sites for hydroxylation is 1. The number of hydrogen-bond acceptors (Lipinski definition) is 7. The molecular formula is C13H11N3O3S. The Labute approximate surface area is 117 Å². The lowest BCUT2D eigenvalue weighted by Crippen LogP contribution is -1.99. The normalized spacial score (nSPS) is 10.8. The highest BCUT2D eigenvalue weighted by Gasteiger charge is 2.06. The molecule has 0 atom stereocenters. The van der Waals surface area contributed by atoms with Crippen molar-refractivity contribution < 1.29 is 9.15 Å². The second-order valence-corrected chi connectivity index (χ2v) is 5.32. The van der Waals surface area contributed by atoms with Crippen molar-refractivity contribution in [3.8, 4) is 5.75 Å². The molecule has 0 amide bonds. The maximum atomic E-state index is 11.4. The summed E-state index contributed by atoms with van der Waals surface area (Å²) in [4.78, 5) is 11.4. The predicted molar refractivity (Wildman–Crippen MR) is 75.9 cm³/mol. The van der Waals surface area contributed by atoms with Crippen LogP contribution in [0.2, 0.25) is 0 Å². The molecule has 102 valence electrons. The summed E-state index contributed by atoms with van der Waals surface area (Å²) in [5, 5.41) is 9.56. The standard InChI is InChI=1S/C13H11N3O3S/c1-7-4-12(17)19-10-5-8(2-3-9(7)10)18-6-11-15-16-13(14)20-11/h2-5H,6H2,1H3,(H2,14,16). The second-order valence-electron chi connectivity index (χ2n) is 4.23. The molecule has 0 radical (unpaired) electrons. The fourth-order valence-electron chi connectivity index (χ4n) is 1.87. The number of nitrogens with zero attached hydrogens (tertiary/aromatic N) is 2. The SMILES string of the molecule is Cc1cc(=O)oc2cc(OCc3nnc(N)s3)ccc12. The summed E-state index contributed by atoms with van der Waals surface area (Å²) >= 11 is 1.27. The highest BCUT2D eigenvalue weighted by atomic mass is 32.1. The number of benzene rings is 1. The Morgan fingerprint density at radius 1 is 1.35 bits per heavy atom. The van der Waals surface area contributed by atoms with Crippen LogP contribution >= 0.6 is 11.3 Å². The van der Waals surface area contributed by atoms with E-state index in [0.717, 1.165) is 10.9 Å². The van der Waals surface area contributed by atoms with Gasteiger partial charge in [-0.1, -0.05) is 11.3 Å². The number of fused-ring (bicyclic) bond motifs is 1. The zero-order chi connectivity index (χ0) is 14.1. The third kappa shape index (κ3) is 2.48. The molecule has 3 aromatic rings. The number of nitrogens with two attached hydrogens (primary N) is 1. The van der Waals surface area contributed by atoms with E-state index < -0.39 is 0 Å². The molecular weight excluding hydrogens is 278 g/mol. The minimum Gasteiger partial charge on any atom is -0.486 e. The smallest absolute Gasteiger partial charge is 0.336 e. The average molecular weight is 289 g/mol. The van der Waals surface area contributed by atoms with Crippen LogP contribution in [0.25, 0.3) is 11.0 Å². The van der Waals surface area contributed by atoms with Crippen LogP contribution in [-0.4, -0.2) is 10.2 Å². The summed E-state index contributed by atoms with van der Waals surface area (Å²) in [5.41, 5.74) is 6.50. The maximum absolute atomic E-state index is 11.4. The molecule has 0 unspecified atom stereocenters. The second kappa shape index (κ2) is 4.93. The Hall–Kier alpha value is -2.41. The molecule has 0 saturated heterocycles. The van der Waals surface area contributed by atoms with Gasteiger partial charge in [0.15, 0.2) is 5.01 Å². The van der Waals surface area contributed by atoms with Crippen molar-refractivity contribution in [2.75, 3.05) is 5.73 Å². The zero-order valence-corrected chi connectivity index (χ0v) is 11.4. The molecule has 2 N–H and O–H groups in total. The van der Waals surface area contributed by atoms with Gasteiger partial charge in [-0.15, -0.1) is 10.2 Å². The lowest BCUT2D eigenvalue weighted by atomic mass is 10.1. The van der Waals surface area contributed by atoms with E-state index in [4.69, 9.17) is 14.9 Å². The summed E-state index contributed by atoms with van der Waals surface area (Å²) < 4.78 is 10.7. The third-order valence-electron chi connectivity index (χ3n) is 2.77. The zero-order valence-electron chi connectivity index (χ0n) is 10.6. The molecule has 0 aliphatic rings. The number of nitrogen functional groups attached to an aromatic ring is 1. The van der Waals surface area contributed by atoms with E-state index in [9.17, 15) is 4.79 Å². The van der Waals surface area contributed by atoms with Crippen LogP contribution in [0.5, 0.6) is 5.75 Å². The summed E-state index contributed by atoms with van der Waals surface area (Å²) in [6.07, 6.45) is 0. The van der Waals surface area contributed by atoms with Gasteiger partial charge < -0.3 is 14.9 Å². The number of aromatic nitrogens is 2. The van der Waals surface area contributed by atoms with Crippen molar-refractivity contribution in [3.05, 3.63) is 45.3 Å². The minimum atomic E-state index is -0.371. The molecule has 2 heterocycles. The summed E-state index contributed by atoms with van der Waals surface area (Å²) in [5.74, 6) is 0.597. The van der Waals surface area contributed by atoms with Gasteiger partial charge in [0.25, 0.3) is 0 Å². The Morgan fingerprint density at radius 2 is 2.20 bits per heavy atom. The van der Waals surface area contributed by atoms with Gasteiger partial charge in [-0.3, -0.25) is 0 Å². The minimum absolute atomic E-state index is 0.274. The first-order valence-electron chi connectivity index (χ1n) is 5.87. The molecule has 20 heavy (non-hydrogen) atoms. The molecule has 3 rings (SSSR count). The molecule has 0 fully saturated rings. The van der Waals surface area contributed by atoms with E-state index in [1.807, 2.05) is 19.1 Å². The number of ether oxygens (including phenoxy) is 1. The van der Waals surface area contributed by atoms with Crippen molar-refractivity contribution in [1.29, 1.82) is 0 Å². The first-order chi connectivity index (χ1) is 9.61. The van der Waals surface area contributed by atoms with Crippen LogP contribution in [0.4, 0.5) is 5.13 Å². The summed E-state index contributed by atoms with van der Waals surface area (Å²) in [6, 6.07) is 6.83. The molecule has 7 heteroatoms. The van der Waals surface area contributed by atoms with Gasteiger partial charge in [-0.25, -0.2) is 4.79 Å². The van der Waals surface area contributed by atoms with Crippen LogP contribution < -0.4 is 16.1 Å². The largest absolute Gasteiger partial charge is 0.486 e. The van der Waals surface area contributed by atoms with Crippen molar-refractivity contribution in [3.63, 3.8) is 0 Å². The third-order valence-corrected chi connectivity index (χ3v) is 3.49. The molecule has 6 nitrogen and oxygen atoms in total. The van der Waals surface area contributed by atoms with Gasteiger partial charge >= 0.3 is 5.63 Å². The highest BCUT2D eigenvalue weighted by molar-refractivity contribution is 7.15. The highest BCUT2D eigenvalue weighted by Crippen LogP contribution is 2.23. The fraction of sp³-hybridized carbons (Fsp3) is 0.154. The molecule has 0 bridgehead atoms. The van der Waals surface area contributed by atoms with E-state index in [1.54, 1.807) is 6.07 Å². The monoisotopic (exact) mass is 289 g/mol. The maximum Gasteiger partial charge on any atom is 0.336 e. The van der Waals surface area contributed by atoms with E-state index in [0.29, 0.717) is 21.5 Å². The molecule has 0 saturated carbocycles. The number of hydrogen-bond donors (Lipinski definition) is 1. The number of rotatable bonds is 3. The Balaban J connectivity index is 1.87. The Kier molecular flexibility index (Phi) is 3.11. The van der Waals surface area contributed by atoms with Crippen molar-refractivity contribution in [1.82, 2.24) is 10.2 Å². The van der Waals surface area contributed by atoms with E-state index in [2.05, 4.69) is 10.2 Å². The van der Waals surface area contributed by atoms with Crippen LogP contribution in [0.15, 0.2) is 33.5 Å². The fourth-order valence-corrected chi connectivity index (χ4v) is 2.39. The molecule has 0 spiro atoms. The molecule has 0 aliphatic heterocycles. The number of anilines is 1. The van der Waals surface area contributed by atoms with E-state index in [-0.39, 0.29) is 12.2 Å². The quantitative estimate of drug-likeness (QED) is 0.742. The van der Waals surface area contributed by atoms with Crippen LogP contribution in [-0.2, 0) is 6.61 Å². The van der Waals surface area contributed by atoms with Gasteiger partial charge in [-0.05, 0) is 24.6 Å². The van der Waals surface area contributed by atoms with Gasteiger partial charge in [-0.2, -0.15) is 0 Å². The van der Waals surface area contributed by atoms with Gasteiger partial charge in [0.05, 0.1) is 0 Å². The topological polar surface area (TPSA) is 91.2 Å². The van der Waals surface area contributed by atoms with Gasteiger partial charge in [0, 0.05) is 17.5 Å². The average Bonchev–Trinajstić information content (AvgIpc) is 2.81. The Bertz CT molecular complexity index is 825. The van der Waals surface area contributed by atoms with Crippen molar-refractivity contribution >= 4 is 27.4 Å². The Morgan fingerprint density at radius 3 is 2.95 bits per heavy atom. The molecule has 0 aliphatic carbocycles. The molecule has 2 aromatic heterocycles. The lowest BCUT2D eigenvalue weighted by molar-refractivity contribution is 0.304.